The molecule has 0 heterocycles. The number of esters is 2. The quantitative estimate of drug-likeness (QED) is 0.0731. The van der Waals surface area contributed by atoms with Crippen LogP contribution in [-0.4, -0.2) is 89.1 Å². The van der Waals surface area contributed by atoms with Crippen LogP contribution in [0.1, 0.15) is 38.5 Å². The minimum atomic E-state index is -0.656. The predicted octanol–water partition coefficient (Wildman–Crippen LogP) is -0.437. The molecule has 0 aromatic heterocycles. The average molecular weight is 445 g/mol. The van der Waals surface area contributed by atoms with Gasteiger partial charge < -0.3 is 47.1 Å². The van der Waals surface area contributed by atoms with Crippen LogP contribution in [0.15, 0.2) is 0 Å². The van der Waals surface area contributed by atoms with Gasteiger partial charge in [0.15, 0.2) is 0 Å². The van der Waals surface area contributed by atoms with E-state index in [1.807, 2.05) is 0 Å². The molecule has 0 radical (unpaired) electrons. The van der Waals surface area contributed by atoms with Crippen LogP contribution in [-0.2, 0) is 23.8 Å². The minimum Gasteiger partial charge on any atom is -0.462 e. The zero-order valence-electron chi connectivity index (χ0n) is 18.4. The summed E-state index contributed by atoms with van der Waals surface area (Å²) in [5.41, 5.74) is 11.6. The van der Waals surface area contributed by atoms with E-state index in [9.17, 15) is 9.59 Å². The molecule has 31 heavy (non-hydrogen) atoms. The molecule has 11 heteroatoms. The van der Waals surface area contributed by atoms with Crippen molar-refractivity contribution in [3.63, 3.8) is 0 Å². The molecule has 0 aromatic carbocycles. The predicted molar refractivity (Wildman–Crippen MR) is 120 cm³/mol. The summed E-state index contributed by atoms with van der Waals surface area (Å²) in [7, 11) is 0. The van der Waals surface area contributed by atoms with Crippen molar-refractivity contribution in [2.24, 2.45) is 11.5 Å². The van der Waals surface area contributed by atoms with Crippen LogP contribution in [0.2, 0.25) is 0 Å². The van der Waals surface area contributed by atoms with Crippen molar-refractivity contribution in [2.75, 3.05) is 52.6 Å². The maximum absolute atomic E-state index is 11.8. The van der Waals surface area contributed by atoms with Crippen LogP contribution in [0.4, 0.5) is 0 Å². The van der Waals surface area contributed by atoms with Crippen molar-refractivity contribution in [3.8, 4) is 0 Å². The highest BCUT2D eigenvalue weighted by molar-refractivity contribution is 5.75. The number of carbonyl (C=O) groups is 2. The van der Waals surface area contributed by atoms with Crippen LogP contribution in [0.5, 0.6) is 0 Å². The highest BCUT2D eigenvalue weighted by atomic mass is 16.6. The van der Waals surface area contributed by atoms with Crippen molar-refractivity contribution in [1.82, 2.24) is 10.6 Å². The fourth-order valence-corrected chi connectivity index (χ4v) is 2.53. The lowest BCUT2D eigenvalue weighted by atomic mass is 10.1. The van der Waals surface area contributed by atoms with Gasteiger partial charge in [0.1, 0.15) is 25.3 Å². The zero-order valence-corrected chi connectivity index (χ0v) is 18.4. The number of hydrogen-bond donors (Lipinski definition) is 6. The van der Waals surface area contributed by atoms with Crippen molar-refractivity contribution in [2.45, 2.75) is 50.6 Å². The van der Waals surface area contributed by atoms with Gasteiger partial charge in [-0.15, -0.1) is 0 Å². The van der Waals surface area contributed by atoms with Crippen LogP contribution < -0.4 is 22.1 Å². The Morgan fingerprint density at radius 1 is 0.742 bits per heavy atom. The maximum Gasteiger partial charge on any atom is 0.322 e. The lowest BCUT2D eigenvalue weighted by Crippen LogP contribution is -2.33. The topological polar surface area (TPSA) is 186 Å². The van der Waals surface area contributed by atoms with Gasteiger partial charge in [0.25, 0.3) is 0 Å². The first-order valence-corrected chi connectivity index (χ1v) is 10.8. The van der Waals surface area contributed by atoms with E-state index in [-0.39, 0.29) is 26.4 Å². The van der Waals surface area contributed by atoms with E-state index in [4.69, 9.17) is 36.5 Å². The molecule has 0 aliphatic heterocycles. The Morgan fingerprint density at radius 2 is 1.16 bits per heavy atom. The van der Waals surface area contributed by atoms with E-state index in [0.29, 0.717) is 25.9 Å². The van der Waals surface area contributed by atoms with Crippen molar-refractivity contribution in [1.29, 1.82) is 10.8 Å². The lowest BCUT2D eigenvalue weighted by molar-refractivity contribution is -0.148. The highest BCUT2D eigenvalue weighted by Crippen LogP contribution is 2.01. The summed E-state index contributed by atoms with van der Waals surface area (Å²) in [6.07, 6.45) is 7.04. The van der Waals surface area contributed by atoms with E-state index < -0.39 is 24.0 Å². The molecule has 0 aromatic rings. The van der Waals surface area contributed by atoms with Crippen molar-refractivity contribution < 1.29 is 23.8 Å². The van der Waals surface area contributed by atoms with E-state index in [2.05, 4.69) is 10.6 Å². The third kappa shape index (κ3) is 18.6. The van der Waals surface area contributed by atoms with Crippen LogP contribution in [0.3, 0.4) is 0 Å². The minimum absolute atomic E-state index is 0.0902. The molecule has 0 saturated heterocycles. The van der Waals surface area contributed by atoms with Crippen LogP contribution in [0, 0.1) is 10.8 Å². The average Bonchev–Trinajstić information content (AvgIpc) is 2.77. The van der Waals surface area contributed by atoms with E-state index in [1.54, 1.807) is 0 Å². The molecular weight excluding hydrogens is 404 g/mol. The Bertz CT molecular complexity index is 453. The van der Waals surface area contributed by atoms with Gasteiger partial charge in [-0.25, -0.2) is 0 Å². The monoisotopic (exact) mass is 444 g/mol. The van der Waals surface area contributed by atoms with E-state index in [1.165, 1.54) is 12.4 Å². The third-order valence-electron chi connectivity index (χ3n) is 4.28. The summed E-state index contributed by atoms with van der Waals surface area (Å²) in [5, 5.41) is 19.9. The zero-order chi connectivity index (χ0) is 23.2. The fraction of sp³-hybridized carbons (Fsp3) is 0.800. The standard InChI is InChI=1S/C20H40N6O5/c21-7-11-25-9-3-1-5-17(23)19(27)30-15-13-29-14-16-31-20(28)18(24)6-2-4-10-26-12-8-22/h7-8,17-18,21-22,25-26H,1-6,9-16,23-24H2. The summed E-state index contributed by atoms with van der Waals surface area (Å²) in [6, 6.07) is -1.31. The summed E-state index contributed by atoms with van der Waals surface area (Å²) >= 11 is 0. The van der Waals surface area contributed by atoms with Gasteiger partial charge in [-0.3, -0.25) is 9.59 Å². The van der Waals surface area contributed by atoms with E-state index >= 15 is 0 Å². The van der Waals surface area contributed by atoms with Crippen molar-refractivity contribution >= 4 is 24.4 Å². The Labute approximate surface area is 184 Å². The molecule has 8 N–H and O–H groups in total. The molecule has 180 valence electrons. The summed E-state index contributed by atoms with van der Waals surface area (Å²) < 4.78 is 15.4. The Kier molecular flexibility index (Phi) is 20.0. The van der Waals surface area contributed by atoms with Gasteiger partial charge in [-0.1, -0.05) is 12.8 Å². The molecule has 2 atom stereocenters. The van der Waals surface area contributed by atoms with Crippen LogP contribution >= 0.6 is 0 Å². The summed E-state index contributed by atoms with van der Waals surface area (Å²) in [4.78, 5) is 23.6. The second-order valence-corrected chi connectivity index (χ2v) is 6.97. The fourth-order valence-electron chi connectivity index (χ4n) is 2.53. The largest absolute Gasteiger partial charge is 0.462 e. The first-order valence-electron chi connectivity index (χ1n) is 10.8. The number of ether oxygens (including phenoxy) is 3. The third-order valence-corrected chi connectivity index (χ3v) is 4.28. The molecular formula is C20H40N6O5. The Balaban J connectivity index is 3.55. The Hall–Kier alpha value is -1.92. The molecule has 0 fully saturated rings. The summed E-state index contributed by atoms with van der Waals surface area (Å²) in [6.45, 7) is 3.22. The number of nitrogens with one attached hydrogen (secondary N) is 4. The number of hydrogen-bond acceptors (Lipinski definition) is 11. The highest BCUT2D eigenvalue weighted by Gasteiger charge is 2.15. The number of nitrogens with two attached hydrogens (primary N) is 2. The van der Waals surface area contributed by atoms with Gasteiger partial charge in [0, 0.05) is 25.5 Å². The number of carbonyl (C=O) groups excluding carboxylic acids is 2. The first-order chi connectivity index (χ1) is 15.0. The SMILES string of the molecule is N=CCNCCCCC(N)C(=O)OCCOCCOC(=O)C(N)CCCCNCC=N. The smallest absolute Gasteiger partial charge is 0.322 e. The molecule has 11 nitrogen and oxygen atoms in total. The molecule has 0 rings (SSSR count). The van der Waals surface area contributed by atoms with Crippen molar-refractivity contribution in [3.05, 3.63) is 0 Å². The summed E-state index contributed by atoms with van der Waals surface area (Å²) in [5.74, 6) is -0.914. The molecule has 0 aliphatic carbocycles. The second kappa shape index (κ2) is 21.3. The van der Waals surface area contributed by atoms with Gasteiger partial charge in [-0.2, -0.15) is 0 Å². The van der Waals surface area contributed by atoms with Gasteiger partial charge in [0.05, 0.1) is 13.2 Å². The molecule has 0 aliphatic rings. The Morgan fingerprint density at radius 3 is 1.55 bits per heavy atom. The maximum atomic E-state index is 11.8. The van der Waals surface area contributed by atoms with Gasteiger partial charge >= 0.3 is 11.9 Å². The lowest BCUT2D eigenvalue weighted by Gasteiger charge is -2.13. The molecule has 0 spiro atoms. The van der Waals surface area contributed by atoms with Crippen LogP contribution in [0.25, 0.3) is 0 Å². The number of unbranched alkanes of at least 4 members (excludes halogenated alkanes) is 2. The normalized spacial score (nSPS) is 12.7. The number of rotatable bonds is 22. The molecule has 0 bridgehead atoms. The van der Waals surface area contributed by atoms with Gasteiger partial charge in [0.2, 0.25) is 0 Å². The molecule has 2 unspecified atom stereocenters. The van der Waals surface area contributed by atoms with E-state index in [0.717, 1.165) is 38.8 Å². The van der Waals surface area contributed by atoms with Gasteiger partial charge in [-0.05, 0) is 38.8 Å². The molecule has 0 saturated carbocycles. The second-order valence-electron chi connectivity index (χ2n) is 6.97. The molecule has 0 amide bonds. The first kappa shape index (κ1) is 29.1.